The lowest BCUT2D eigenvalue weighted by Crippen LogP contribution is -2.41. The summed E-state index contributed by atoms with van der Waals surface area (Å²) in [5.41, 5.74) is -0.680. The lowest BCUT2D eigenvalue weighted by molar-refractivity contribution is 0.0730. The van der Waals surface area contributed by atoms with Crippen molar-refractivity contribution in [3.63, 3.8) is 0 Å². The van der Waals surface area contributed by atoms with Crippen LogP contribution in [0.2, 0.25) is 0 Å². The highest BCUT2D eigenvalue weighted by Crippen LogP contribution is 2.30. The molecule has 0 radical (unpaired) electrons. The third kappa shape index (κ3) is 4.27. The zero-order chi connectivity index (χ0) is 24.6. The maximum Gasteiger partial charge on any atom is 0.349 e. The summed E-state index contributed by atoms with van der Waals surface area (Å²) in [6, 6.07) is 16.8. The lowest BCUT2D eigenvalue weighted by Gasteiger charge is -2.27. The Morgan fingerprint density at radius 2 is 1.77 bits per heavy atom. The molecule has 35 heavy (non-hydrogen) atoms. The molecule has 1 aliphatic heterocycles. The van der Waals surface area contributed by atoms with Gasteiger partial charge in [-0.05, 0) is 35.0 Å². The number of sulfonamides is 1. The van der Waals surface area contributed by atoms with Crippen molar-refractivity contribution in [3.8, 4) is 5.75 Å². The molecule has 1 aliphatic rings. The molecule has 0 unspecified atom stereocenters. The molecule has 1 saturated heterocycles. The van der Waals surface area contributed by atoms with Crippen molar-refractivity contribution in [2.75, 3.05) is 38.7 Å². The summed E-state index contributed by atoms with van der Waals surface area (Å²) in [6.07, 6.45) is 0. The molecule has 10 heteroatoms. The van der Waals surface area contributed by atoms with Gasteiger partial charge in [-0.1, -0.05) is 30.3 Å². The van der Waals surface area contributed by atoms with E-state index in [0.29, 0.717) is 16.7 Å². The van der Waals surface area contributed by atoms with Gasteiger partial charge in [0.15, 0.2) is 0 Å². The van der Waals surface area contributed by atoms with Crippen molar-refractivity contribution in [1.82, 2.24) is 4.31 Å². The Kier molecular flexibility index (Phi) is 6.01. The fourth-order valence-corrected chi connectivity index (χ4v) is 5.66. The molecule has 0 atom stereocenters. The van der Waals surface area contributed by atoms with Crippen LogP contribution >= 0.6 is 0 Å². The van der Waals surface area contributed by atoms with Crippen LogP contribution < -0.4 is 15.7 Å². The molecular formula is C25H22N2O7S. The van der Waals surface area contributed by atoms with E-state index in [1.165, 1.54) is 35.7 Å². The first-order chi connectivity index (χ1) is 16.9. The fourth-order valence-electron chi connectivity index (χ4n) is 4.09. The molecule has 3 aromatic carbocycles. The Bertz CT molecular complexity index is 1610. The second-order valence-corrected chi connectivity index (χ2v) is 9.89. The van der Waals surface area contributed by atoms with E-state index >= 15 is 0 Å². The van der Waals surface area contributed by atoms with Crippen LogP contribution in [-0.2, 0) is 14.8 Å². The minimum absolute atomic E-state index is 0.0275. The molecule has 180 valence electrons. The second kappa shape index (κ2) is 9.14. The van der Waals surface area contributed by atoms with Crippen LogP contribution in [0.15, 0.2) is 74.8 Å². The van der Waals surface area contributed by atoms with Gasteiger partial charge in [0.25, 0.3) is 5.91 Å². The first-order valence-electron chi connectivity index (χ1n) is 10.9. The van der Waals surface area contributed by atoms with Crippen LogP contribution in [0.3, 0.4) is 0 Å². The summed E-state index contributed by atoms with van der Waals surface area (Å²) in [5.74, 6) is -0.469. The molecule has 1 fully saturated rings. The topological polar surface area (TPSA) is 115 Å². The summed E-state index contributed by atoms with van der Waals surface area (Å²) < 4.78 is 43.9. The third-order valence-electron chi connectivity index (χ3n) is 5.91. The van der Waals surface area contributed by atoms with Gasteiger partial charge in [0.05, 0.1) is 26.0 Å². The predicted molar refractivity (Wildman–Crippen MR) is 131 cm³/mol. The predicted octanol–water partition coefficient (Wildman–Crippen LogP) is 3.23. The van der Waals surface area contributed by atoms with Crippen molar-refractivity contribution in [1.29, 1.82) is 0 Å². The van der Waals surface area contributed by atoms with Crippen molar-refractivity contribution >= 4 is 43.4 Å². The summed E-state index contributed by atoms with van der Waals surface area (Å²) in [7, 11) is -2.55. The van der Waals surface area contributed by atoms with Crippen LogP contribution in [-0.4, -0.2) is 52.0 Å². The Morgan fingerprint density at radius 1 is 1.00 bits per heavy atom. The molecular weight excluding hydrogens is 472 g/mol. The number of nitrogens with zero attached hydrogens (tertiary/aromatic N) is 1. The van der Waals surface area contributed by atoms with Crippen molar-refractivity contribution in [2.24, 2.45) is 0 Å². The quantitative estimate of drug-likeness (QED) is 0.335. The number of nitrogens with one attached hydrogen (secondary N) is 1. The monoisotopic (exact) mass is 494 g/mol. The molecule has 9 nitrogen and oxygen atoms in total. The van der Waals surface area contributed by atoms with Crippen LogP contribution in [0.4, 0.5) is 5.69 Å². The van der Waals surface area contributed by atoms with Gasteiger partial charge in [-0.2, -0.15) is 4.31 Å². The van der Waals surface area contributed by atoms with Gasteiger partial charge in [-0.25, -0.2) is 13.2 Å². The van der Waals surface area contributed by atoms with E-state index in [9.17, 15) is 18.0 Å². The van der Waals surface area contributed by atoms with Crippen molar-refractivity contribution in [3.05, 3.63) is 76.6 Å². The standard InChI is InChI=1S/C25H22N2O7S/c1-32-17-7-8-21(23(14-17)35(30,31)27-10-12-33-13-11-27)26-24(28)20-15-19-18-5-3-2-4-16(18)6-9-22(19)34-25(20)29/h2-9,14-15H,10-13H2,1H3,(H,26,28). The summed E-state index contributed by atoms with van der Waals surface area (Å²) in [6.45, 7) is 0.927. The minimum atomic E-state index is -3.97. The van der Waals surface area contributed by atoms with Crippen LogP contribution in [0, 0.1) is 0 Å². The Morgan fingerprint density at radius 3 is 2.54 bits per heavy atom. The Hall–Kier alpha value is -3.73. The van der Waals surface area contributed by atoms with E-state index in [0.717, 1.165) is 10.8 Å². The largest absolute Gasteiger partial charge is 0.497 e. The van der Waals surface area contributed by atoms with E-state index in [-0.39, 0.29) is 42.4 Å². The van der Waals surface area contributed by atoms with Crippen LogP contribution in [0.1, 0.15) is 10.4 Å². The summed E-state index contributed by atoms with van der Waals surface area (Å²) >= 11 is 0. The fraction of sp³-hybridized carbons (Fsp3) is 0.200. The molecule has 0 saturated carbocycles. The van der Waals surface area contributed by atoms with Crippen molar-refractivity contribution in [2.45, 2.75) is 4.90 Å². The number of fused-ring (bicyclic) bond motifs is 3. The second-order valence-electron chi connectivity index (χ2n) is 7.98. The van der Waals surface area contributed by atoms with Gasteiger partial charge in [0.2, 0.25) is 10.0 Å². The zero-order valence-electron chi connectivity index (χ0n) is 18.8. The van der Waals surface area contributed by atoms with Crippen LogP contribution in [0.5, 0.6) is 5.75 Å². The molecule has 2 heterocycles. The summed E-state index contributed by atoms with van der Waals surface area (Å²) in [5, 5.41) is 4.93. The zero-order valence-corrected chi connectivity index (χ0v) is 19.6. The first kappa shape index (κ1) is 23.0. The number of carbonyl (C=O) groups is 1. The number of hydrogen-bond donors (Lipinski definition) is 1. The van der Waals surface area contributed by atoms with Gasteiger partial charge in [0, 0.05) is 24.5 Å². The SMILES string of the molecule is COc1ccc(NC(=O)c2cc3c(ccc4ccccc43)oc2=O)c(S(=O)(=O)N2CCOCC2)c1. The number of benzene rings is 3. The first-order valence-corrected chi connectivity index (χ1v) is 12.4. The minimum Gasteiger partial charge on any atom is -0.497 e. The summed E-state index contributed by atoms with van der Waals surface area (Å²) in [4.78, 5) is 25.7. The van der Waals surface area contributed by atoms with E-state index in [1.807, 2.05) is 30.3 Å². The van der Waals surface area contributed by atoms with E-state index in [1.54, 1.807) is 6.07 Å². The molecule has 0 bridgehead atoms. The van der Waals surface area contributed by atoms with Crippen LogP contribution in [0.25, 0.3) is 21.7 Å². The molecule has 1 aromatic heterocycles. The van der Waals surface area contributed by atoms with Gasteiger partial charge in [0.1, 0.15) is 21.8 Å². The molecule has 1 amide bonds. The van der Waals surface area contributed by atoms with Crippen molar-refractivity contribution < 1.29 is 27.1 Å². The molecule has 0 spiro atoms. The number of amides is 1. The number of anilines is 1. The number of ether oxygens (including phenoxy) is 2. The molecule has 5 rings (SSSR count). The molecule has 0 aliphatic carbocycles. The Labute approximate surface area is 200 Å². The molecule has 4 aromatic rings. The number of hydrogen-bond acceptors (Lipinski definition) is 7. The van der Waals surface area contributed by atoms with Gasteiger partial charge >= 0.3 is 5.63 Å². The normalized spacial score (nSPS) is 14.8. The highest BCUT2D eigenvalue weighted by molar-refractivity contribution is 7.89. The average molecular weight is 495 g/mol. The maximum atomic E-state index is 13.4. The smallest absolute Gasteiger partial charge is 0.349 e. The van der Waals surface area contributed by atoms with Gasteiger partial charge in [-0.3, -0.25) is 4.79 Å². The van der Waals surface area contributed by atoms with Gasteiger partial charge in [-0.15, -0.1) is 0 Å². The highest BCUT2D eigenvalue weighted by atomic mass is 32.2. The average Bonchev–Trinajstić information content (AvgIpc) is 2.88. The number of carbonyl (C=O) groups excluding carboxylic acids is 1. The maximum absolute atomic E-state index is 13.4. The Balaban J connectivity index is 1.56. The number of morpholine rings is 1. The third-order valence-corrected chi connectivity index (χ3v) is 7.85. The van der Waals surface area contributed by atoms with Gasteiger partial charge < -0.3 is 19.2 Å². The number of methoxy groups -OCH3 is 1. The number of rotatable bonds is 5. The van der Waals surface area contributed by atoms with E-state index in [4.69, 9.17) is 13.9 Å². The lowest BCUT2D eigenvalue weighted by atomic mass is 10.0. The highest BCUT2D eigenvalue weighted by Gasteiger charge is 2.30. The van der Waals surface area contributed by atoms with E-state index < -0.39 is 21.6 Å². The van der Waals surface area contributed by atoms with E-state index in [2.05, 4.69) is 5.32 Å². The molecule has 1 N–H and O–H groups in total.